The first-order valence-electron chi connectivity index (χ1n) is 9.72. The second-order valence-corrected chi connectivity index (χ2v) is 6.25. The molecule has 0 aromatic heterocycles. The summed E-state index contributed by atoms with van der Waals surface area (Å²) < 4.78 is 10.5. The van der Waals surface area contributed by atoms with Crippen molar-refractivity contribution in [1.82, 2.24) is 0 Å². The molecule has 2 heteroatoms. The minimum Gasteiger partial charge on any atom is -0.499 e. The zero-order chi connectivity index (χ0) is 16.1. The SMILES string of the molecule is C=COCCOCCCCCCCCCCCCCCCC. The lowest BCUT2D eigenvalue weighted by molar-refractivity contribution is 0.0826. The van der Waals surface area contributed by atoms with Crippen LogP contribution in [0.2, 0.25) is 0 Å². The summed E-state index contributed by atoms with van der Waals surface area (Å²) in [5.74, 6) is 0. The quantitative estimate of drug-likeness (QED) is 0.196. The van der Waals surface area contributed by atoms with E-state index in [1.54, 1.807) is 0 Å². The normalized spacial score (nSPS) is 10.8. The summed E-state index contributed by atoms with van der Waals surface area (Å²) in [5, 5.41) is 0. The maximum absolute atomic E-state index is 5.47. The molecule has 0 rings (SSSR count). The van der Waals surface area contributed by atoms with Crippen LogP contribution >= 0.6 is 0 Å². The summed E-state index contributed by atoms with van der Waals surface area (Å²) in [5.41, 5.74) is 0. The molecule has 0 atom stereocenters. The van der Waals surface area contributed by atoms with Crippen molar-refractivity contribution < 1.29 is 9.47 Å². The van der Waals surface area contributed by atoms with Crippen molar-refractivity contribution in [2.75, 3.05) is 19.8 Å². The Bertz CT molecular complexity index is 204. The van der Waals surface area contributed by atoms with Crippen LogP contribution in [0.1, 0.15) is 96.8 Å². The smallest absolute Gasteiger partial charge is 0.111 e. The predicted molar refractivity (Wildman–Crippen MR) is 97.3 cm³/mol. The molecule has 2 nitrogen and oxygen atoms in total. The van der Waals surface area contributed by atoms with Gasteiger partial charge < -0.3 is 9.47 Å². The van der Waals surface area contributed by atoms with E-state index in [1.807, 2.05) is 0 Å². The number of hydrogen-bond donors (Lipinski definition) is 0. The molecule has 0 aromatic carbocycles. The average molecular weight is 313 g/mol. The van der Waals surface area contributed by atoms with E-state index < -0.39 is 0 Å². The van der Waals surface area contributed by atoms with Gasteiger partial charge >= 0.3 is 0 Å². The standard InChI is InChI=1S/C20H40O2/c1-3-5-6-7-8-9-10-11-12-13-14-15-16-17-18-22-20-19-21-4-2/h4H,2-3,5-20H2,1H3. The lowest BCUT2D eigenvalue weighted by Crippen LogP contribution is -2.02. The fraction of sp³-hybridized carbons (Fsp3) is 0.900. The van der Waals surface area contributed by atoms with E-state index >= 15 is 0 Å². The molecule has 0 radical (unpaired) electrons. The second kappa shape index (κ2) is 20.5. The summed E-state index contributed by atoms with van der Waals surface area (Å²) in [7, 11) is 0. The van der Waals surface area contributed by atoms with Gasteiger partial charge in [-0.2, -0.15) is 0 Å². The molecule has 0 aliphatic rings. The maximum atomic E-state index is 5.47. The Balaban J connectivity index is 2.92. The van der Waals surface area contributed by atoms with Crippen LogP contribution in [0.15, 0.2) is 12.8 Å². The van der Waals surface area contributed by atoms with Crippen LogP contribution in [-0.4, -0.2) is 19.8 Å². The van der Waals surface area contributed by atoms with Crippen LogP contribution < -0.4 is 0 Å². The van der Waals surface area contributed by atoms with E-state index in [1.165, 1.54) is 96.2 Å². The molecule has 22 heavy (non-hydrogen) atoms. The molecule has 0 spiro atoms. The minimum atomic E-state index is 0.627. The molecule has 0 heterocycles. The van der Waals surface area contributed by atoms with E-state index in [0.717, 1.165) is 6.61 Å². The molecule has 0 aromatic rings. The number of hydrogen-bond acceptors (Lipinski definition) is 2. The van der Waals surface area contributed by atoms with E-state index in [2.05, 4.69) is 13.5 Å². The van der Waals surface area contributed by atoms with Crippen LogP contribution in [-0.2, 0) is 9.47 Å². The third-order valence-corrected chi connectivity index (χ3v) is 4.11. The van der Waals surface area contributed by atoms with Crippen molar-refractivity contribution in [3.8, 4) is 0 Å². The summed E-state index contributed by atoms with van der Waals surface area (Å²) in [4.78, 5) is 0. The monoisotopic (exact) mass is 312 g/mol. The molecule has 0 fully saturated rings. The van der Waals surface area contributed by atoms with E-state index in [4.69, 9.17) is 9.47 Å². The van der Waals surface area contributed by atoms with Gasteiger partial charge in [-0.15, -0.1) is 0 Å². The largest absolute Gasteiger partial charge is 0.499 e. The van der Waals surface area contributed by atoms with Crippen molar-refractivity contribution in [3.63, 3.8) is 0 Å². The van der Waals surface area contributed by atoms with Gasteiger partial charge in [-0.05, 0) is 6.42 Å². The molecule has 0 bridgehead atoms. The maximum Gasteiger partial charge on any atom is 0.111 e. The topological polar surface area (TPSA) is 18.5 Å². The van der Waals surface area contributed by atoms with Gasteiger partial charge in [0.25, 0.3) is 0 Å². The highest BCUT2D eigenvalue weighted by atomic mass is 16.5. The summed E-state index contributed by atoms with van der Waals surface area (Å²) in [6.07, 6.45) is 21.1. The zero-order valence-electron chi connectivity index (χ0n) is 15.1. The number of unbranched alkanes of at least 4 members (excludes halogenated alkanes) is 13. The summed E-state index contributed by atoms with van der Waals surface area (Å²) >= 11 is 0. The van der Waals surface area contributed by atoms with Crippen molar-refractivity contribution in [3.05, 3.63) is 12.8 Å². The Morgan fingerprint density at radius 2 is 1.05 bits per heavy atom. The van der Waals surface area contributed by atoms with Gasteiger partial charge in [0, 0.05) is 6.61 Å². The van der Waals surface area contributed by atoms with Crippen molar-refractivity contribution in [2.24, 2.45) is 0 Å². The summed E-state index contributed by atoms with van der Waals surface area (Å²) in [6.45, 7) is 7.97. The Kier molecular flexibility index (Phi) is 20.0. The zero-order valence-corrected chi connectivity index (χ0v) is 15.1. The van der Waals surface area contributed by atoms with Crippen LogP contribution in [0.25, 0.3) is 0 Å². The first-order chi connectivity index (χ1) is 10.9. The first kappa shape index (κ1) is 21.5. The van der Waals surface area contributed by atoms with Gasteiger partial charge in [-0.1, -0.05) is 97.0 Å². The Hall–Kier alpha value is -0.500. The van der Waals surface area contributed by atoms with Crippen molar-refractivity contribution in [2.45, 2.75) is 96.8 Å². The van der Waals surface area contributed by atoms with Crippen LogP contribution in [0, 0.1) is 0 Å². The lowest BCUT2D eigenvalue weighted by Gasteiger charge is -2.04. The molecule has 0 aliphatic carbocycles. The van der Waals surface area contributed by atoms with Crippen molar-refractivity contribution in [1.29, 1.82) is 0 Å². The molecule has 132 valence electrons. The molecular formula is C20H40O2. The third kappa shape index (κ3) is 19.5. The molecule has 0 N–H and O–H groups in total. The average Bonchev–Trinajstić information content (AvgIpc) is 2.54. The van der Waals surface area contributed by atoms with Gasteiger partial charge in [0.15, 0.2) is 0 Å². The first-order valence-corrected chi connectivity index (χ1v) is 9.72. The fourth-order valence-electron chi connectivity index (χ4n) is 2.69. The highest BCUT2D eigenvalue weighted by Crippen LogP contribution is 2.12. The fourth-order valence-corrected chi connectivity index (χ4v) is 2.69. The van der Waals surface area contributed by atoms with Gasteiger partial charge in [0.2, 0.25) is 0 Å². The Labute approximate surface area is 139 Å². The van der Waals surface area contributed by atoms with Crippen molar-refractivity contribution >= 4 is 0 Å². The third-order valence-electron chi connectivity index (χ3n) is 4.11. The van der Waals surface area contributed by atoms with E-state index in [0.29, 0.717) is 13.2 Å². The van der Waals surface area contributed by atoms with Gasteiger partial charge in [-0.3, -0.25) is 0 Å². The number of ether oxygens (including phenoxy) is 2. The van der Waals surface area contributed by atoms with Crippen LogP contribution in [0.4, 0.5) is 0 Å². The van der Waals surface area contributed by atoms with Gasteiger partial charge in [0.1, 0.15) is 6.61 Å². The highest BCUT2D eigenvalue weighted by Gasteiger charge is 1.94. The Morgan fingerprint density at radius 1 is 0.591 bits per heavy atom. The highest BCUT2D eigenvalue weighted by molar-refractivity contribution is 4.50. The van der Waals surface area contributed by atoms with Crippen LogP contribution in [0.3, 0.4) is 0 Å². The second-order valence-electron chi connectivity index (χ2n) is 6.25. The molecule has 0 amide bonds. The number of rotatable bonds is 19. The molecule has 0 unspecified atom stereocenters. The van der Waals surface area contributed by atoms with E-state index in [9.17, 15) is 0 Å². The molecule has 0 saturated carbocycles. The molecule has 0 saturated heterocycles. The van der Waals surface area contributed by atoms with Gasteiger partial charge in [-0.25, -0.2) is 0 Å². The predicted octanol–water partition coefficient (Wildman–Crippen LogP) is 6.64. The van der Waals surface area contributed by atoms with Crippen LogP contribution in [0.5, 0.6) is 0 Å². The van der Waals surface area contributed by atoms with Gasteiger partial charge in [0.05, 0.1) is 12.9 Å². The summed E-state index contributed by atoms with van der Waals surface area (Å²) in [6, 6.07) is 0. The Morgan fingerprint density at radius 3 is 1.50 bits per heavy atom. The van der Waals surface area contributed by atoms with E-state index in [-0.39, 0.29) is 0 Å². The lowest BCUT2D eigenvalue weighted by atomic mass is 10.0. The molecular weight excluding hydrogens is 272 g/mol. The minimum absolute atomic E-state index is 0.627. The molecule has 0 aliphatic heterocycles.